The van der Waals surface area contributed by atoms with Crippen molar-refractivity contribution in [2.24, 2.45) is 7.05 Å². The third-order valence-electron chi connectivity index (χ3n) is 3.41. The van der Waals surface area contributed by atoms with E-state index >= 15 is 0 Å². The number of carbonyl (C=O) groups is 1. The van der Waals surface area contributed by atoms with Gasteiger partial charge in [-0.05, 0) is 26.7 Å². The van der Waals surface area contributed by atoms with Crippen LogP contribution in [0.15, 0.2) is 5.16 Å². The van der Waals surface area contributed by atoms with Crippen LogP contribution in [0.25, 0.3) is 0 Å². The van der Waals surface area contributed by atoms with Crippen LogP contribution in [0.1, 0.15) is 38.4 Å². The molecule has 5 nitrogen and oxygen atoms in total. The number of amides is 1. The molecule has 1 aliphatic carbocycles. The Balaban J connectivity index is 1.88. The zero-order chi connectivity index (χ0) is 13.1. The van der Waals surface area contributed by atoms with Gasteiger partial charge in [0.1, 0.15) is 5.82 Å². The van der Waals surface area contributed by atoms with E-state index in [1.807, 2.05) is 25.5 Å². The van der Waals surface area contributed by atoms with Gasteiger partial charge in [-0.2, -0.15) is 0 Å². The van der Waals surface area contributed by atoms with Crippen LogP contribution in [-0.2, 0) is 11.8 Å². The third-order valence-corrected chi connectivity index (χ3v) is 4.54. The molecular formula is C12H20N4OS. The molecule has 0 unspecified atom stereocenters. The molecule has 0 spiro atoms. The molecule has 0 bridgehead atoms. The van der Waals surface area contributed by atoms with Gasteiger partial charge in [-0.25, -0.2) is 0 Å². The topological polar surface area (TPSA) is 59.8 Å². The molecule has 1 aliphatic rings. The minimum absolute atomic E-state index is 0.104. The third kappa shape index (κ3) is 3.04. The SMILES string of the molecule is Cc1nnc(S[C@H](C)C(=O)NC2CCCC2)n1C. The normalized spacial score (nSPS) is 17.9. The highest BCUT2D eigenvalue weighted by molar-refractivity contribution is 8.00. The van der Waals surface area contributed by atoms with Gasteiger partial charge in [0, 0.05) is 13.1 Å². The Bertz CT molecular complexity index is 426. The predicted octanol–water partition coefficient (Wildman–Crippen LogP) is 1.66. The van der Waals surface area contributed by atoms with Crippen molar-refractivity contribution in [3.05, 3.63) is 5.82 Å². The molecular weight excluding hydrogens is 248 g/mol. The van der Waals surface area contributed by atoms with Crippen LogP contribution in [0.2, 0.25) is 0 Å². The molecule has 1 heterocycles. The highest BCUT2D eigenvalue weighted by Crippen LogP contribution is 2.23. The fraction of sp³-hybridized carbons (Fsp3) is 0.750. The van der Waals surface area contributed by atoms with E-state index in [0.717, 1.165) is 23.8 Å². The first-order valence-corrected chi connectivity index (χ1v) is 7.29. The Kier molecular flexibility index (Phi) is 4.27. The number of nitrogens with zero attached hydrogens (tertiary/aromatic N) is 3. The van der Waals surface area contributed by atoms with Crippen molar-refractivity contribution in [2.45, 2.75) is 56.0 Å². The van der Waals surface area contributed by atoms with E-state index in [1.165, 1.54) is 24.6 Å². The zero-order valence-corrected chi connectivity index (χ0v) is 12.0. The first-order valence-electron chi connectivity index (χ1n) is 6.41. The van der Waals surface area contributed by atoms with Gasteiger partial charge in [-0.15, -0.1) is 10.2 Å². The second kappa shape index (κ2) is 5.73. The van der Waals surface area contributed by atoms with Gasteiger partial charge in [0.25, 0.3) is 0 Å². The number of aryl methyl sites for hydroxylation is 1. The van der Waals surface area contributed by atoms with E-state index in [4.69, 9.17) is 0 Å². The molecule has 1 aromatic rings. The fourth-order valence-electron chi connectivity index (χ4n) is 2.09. The predicted molar refractivity (Wildman–Crippen MR) is 71.5 cm³/mol. The minimum Gasteiger partial charge on any atom is -0.352 e. The van der Waals surface area contributed by atoms with Crippen molar-refractivity contribution in [1.82, 2.24) is 20.1 Å². The van der Waals surface area contributed by atoms with Gasteiger partial charge in [0.05, 0.1) is 5.25 Å². The number of hydrogen-bond acceptors (Lipinski definition) is 4. The Labute approximate surface area is 112 Å². The molecule has 1 saturated carbocycles. The Morgan fingerprint density at radius 1 is 1.44 bits per heavy atom. The number of thioether (sulfide) groups is 1. The van der Waals surface area contributed by atoms with Crippen molar-refractivity contribution in [3.8, 4) is 0 Å². The van der Waals surface area contributed by atoms with Crippen molar-refractivity contribution in [2.75, 3.05) is 0 Å². The Hall–Kier alpha value is -1.04. The highest BCUT2D eigenvalue weighted by atomic mass is 32.2. The van der Waals surface area contributed by atoms with Crippen LogP contribution in [0, 0.1) is 6.92 Å². The van der Waals surface area contributed by atoms with E-state index in [1.54, 1.807) is 0 Å². The highest BCUT2D eigenvalue weighted by Gasteiger charge is 2.22. The monoisotopic (exact) mass is 268 g/mol. The van der Waals surface area contributed by atoms with E-state index in [-0.39, 0.29) is 11.2 Å². The molecule has 1 N–H and O–H groups in total. The van der Waals surface area contributed by atoms with E-state index in [0.29, 0.717) is 6.04 Å². The summed E-state index contributed by atoms with van der Waals surface area (Å²) in [6.07, 6.45) is 4.70. The molecule has 1 fully saturated rings. The maximum atomic E-state index is 12.0. The number of aromatic nitrogens is 3. The number of nitrogens with one attached hydrogen (secondary N) is 1. The molecule has 100 valence electrons. The van der Waals surface area contributed by atoms with Gasteiger partial charge in [0.2, 0.25) is 5.91 Å². The maximum Gasteiger partial charge on any atom is 0.233 e. The molecule has 0 aliphatic heterocycles. The molecule has 1 atom stereocenters. The van der Waals surface area contributed by atoms with Crippen LogP contribution in [0.4, 0.5) is 0 Å². The largest absolute Gasteiger partial charge is 0.352 e. The molecule has 0 aromatic carbocycles. The van der Waals surface area contributed by atoms with Gasteiger partial charge >= 0.3 is 0 Å². The Morgan fingerprint density at radius 3 is 2.67 bits per heavy atom. The summed E-state index contributed by atoms with van der Waals surface area (Å²) in [5.41, 5.74) is 0. The van der Waals surface area contributed by atoms with Gasteiger partial charge < -0.3 is 9.88 Å². The van der Waals surface area contributed by atoms with Crippen LogP contribution in [0.5, 0.6) is 0 Å². The number of carbonyl (C=O) groups excluding carboxylic acids is 1. The van der Waals surface area contributed by atoms with Gasteiger partial charge in [-0.1, -0.05) is 24.6 Å². The molecule has 18 heavy (non-hydrogen) atoms. The van der Waals surface area contributed by atoms with Crippen LogP contribution in [-0.4, -0.2) is 32.0 Å². The lowest BCUT2D eigenvalue weighted by Crippen LogP contribution is -2.37. The van der Waals surface area contributed by atoms with E-state index in [9.17, 15) is 4.79 Å². The summed E-state index contributed by atoms with van der Waals surface area (Å²) < 4.78 is 1.91. The van der Waals surface area contributed by atoms with E-state index < -0.39 is 0 Å². The molecule has 1 amide bonds. The smallest absolute Gasteiger partial charge is 0.233 e. The number of rotatable bonds is 4. The van der Waals surface area contributed by atoms with Crippen LogP contribution < -0.4 is 5.32 Å². The van der Waals surface area contributed by atoms with Gasteiger partial charge in [0.15, 0.2) is 5.16 Å². The summed E-state index contributed by atoms with van der Waals surface area (Å²) in [6, 6.07) is 0.377. The fourth-order valence-corrected chi connectivity index (χ4v) is 2.96. The summed E-state index contributed by atoms with van der Waals surface area (Å²) in [7, 11) is 1.92. The standard InChI is InChI=1S/C12H20N4OS/c1-8(11(17)13-10-6-4-5-7-10)18-12-15-14-9(2)16(12)3/h8,10H,4-7H2,1-3H3,(H,13,17)/t8-/m1/s1. The maximum absolute atomic E-state index is 12.0. The lowest BCUT2D eigenvalue weighted by atomic mass is 10.2. The van der Waals surface area contributed by atoms with Crippen LogP contribution >= 0.6 is 11.8 Å². The summed E-state index contributed by atoms with van der Waals surface area (Å²) in [4.78, 5) is 12.0. The molecule has 0 saturated heterocycles. The Morgan fingerprint density at radius 2 is 2.11 bits per heavy atom. The molecule has 0 radical (unpaired) electrons. The van der Waals surface area contributed by atoms with Gasteiger partial charge in [-0.3, -0.25) is 4.79 Å². The lowest BCUT2D eigenvalue weighted by Gasteiger charge is -2.15. The second-order valence-electron chi connectivity index (χ2n) is 4.84. The average molecular weight is 268 g/mol. The zero-order valence-electron chi connectivity index (χ0n) is 11.1. The van der Waals surface area contributed by atoms with Crippen molar-refractivity contribution in [1.29, 1.82) is 0 Å². The number of hydrogen-bond donors (Lipinski definition) is 1. The first-order chi connectivity index (χ1) is 8.58. The minimum atomic E-state index is -0.132. The summed E-state index contributed by atoms with van der Waals surface area (Å²) in [5, 5.41) is 11.8. The summed E-state index contributed by atoms with van der Waals surface area (Å²) in [5.74, 6) is 0.966. The van der Waals surface area contributed by atoms with Crippen molar-refractivity contribution in [3.63, 3.8) is 0 Å². The molecule has 2 rings (SSSR count). The van der Waals surface area contributed by atoms with E-state index in [2.05, 4.69) is 15.5 Å². The first kappa shape index (κ1) is 13.4. The van der Waals surface area contributed by atoms with Crippen molar-refractivity contribution >= 4 is 17.7 Å². The average Bonchev–Trinajstić information content (AvgIpc) is 2.94. The lowest BCUT2D eigenvalue weighted by molar-refractivity contribution is -0.120. The summed E-state index contributed by atoms with van der Waals surface area (Å²) in [6.45, 7) is 3.82. The van der Waals surface area contributed by atoms with Crippen LogP contribution in [0.3, 0.4) is 0 Å². The van der Waals surface area contributed by atoms with Crippen molar-refractivity contribution < 1.29 is 4.79 Å². The quantitative estimate of drug-likeness (QED) is 0.844. The molecule has 1 aromatic heterocycles. The second-order valence-corrected chi connectivity index (χ2v) is 6.15. The molecule has 6 heteroatoms. The summed E-state index contributed by atoms with van der Waals surface area (Å²) >= 11 is 1.46.